The third-order valence-corrected chi connectivity index (χ3v) is 6.22. The van der Waals surface area contributed by atoms with Gasteiger partial charge >= 0.3 is 0 Å². The van der Waals surface area contributed by atoms with E-state index in [-0.39, 0.29) is 18.4 Å². The average molecular weight is 425 g/mol. The molecule has 0 unspecified atom stereocenters. The largest absolute Gasteiger partial charge is 0.368 e. The van der Waals surface area contributed by atoms with E-state index in [2.05, 4.69) is 32.6 Å². The summed E-state index contributed by atoms with van der Waals surface area (Å²) in [5, 5.41) is 12.1. The number of aromatic nitrogens is 4. The minimum absolute atomic E-state index is 0.0431. The Morgan fingerprint density at radius 2 is 2.03 bits per heavy atom. The van der Waals surface area contributed by atoms with Gasteiger partial charge in [-0.15, -0.1) is 10.2 Å². The fraction of sp³-hybridized carbons (Fsp3) is 0.200. The van der Waals surface area contributed by atoms with Gasteiger partial charge in [0.05, 0.1) is 10.2 Å². The maximum atomic E-state index is 12.5. The van der Waals surface area contributed by atoms with Crippen molar-refractivity contribution in [3.63, 3.8) is 0 Å². The zero-order valence-corrected chi connectivity index (χ0v) is 17.5. The highest BCUT2D eigenvalue weighted by atomic mass is 32.2. The van der Waals surface area contributed by atoms with Gasteiger partial charge in [0.25, 0.3) is 0 Å². The number of nitrogens with zero attached hydrogens (tertiary/aromatic N) is 4. The van der Waals surface area contributed by atoms with Crippen LogP contribution in [0.1, 0.15) is 11.1 Å². The standard InChI is InChI=1S/C20H20N6OS2/c1-13-7-8-16-15(11-13)22-19(29-16)23-17(27)12-26-18(21)24-25-20(26)28-10-9-14-5-3-2-4-6-14/h2-8,11H,9-10,12H2,1H3,(H2,21,24)(H,22,23,27). The van der Waals surface area contributed by atoms with E-state index in [4.69, 9.17) is 5.73 Å². The number of hydrogen-bond donors (Lipinski definition) is 2. The van der Waals surface area contributed by atoms with E-state index in [1.807, 2.05) is 43.3 Å². The number of thiazole rings is 1. The summed E-state index contributed by atoms with van der Waals surface area (Å²) in [6.07, 6.45) is 0.898. The molecule has 7 nitrogen and oxygen atoms in total. The summed E-state index contributed by atoms with van der Waals surface area (Å²) in [6.45, 7) is 2.06. The maximum Gasteiger partial charge on any atom is 0.246 e. The van der Waals surface area contributed by atoms with Crippen molar-refractivity contribution >= 4 is 50.3 Å². The molecule has 9 heteroatoms. The molecule has 0 atom stereocenters. The topological polar surface area (TPSA) is 98.7 Å². The number of carbonyl (C=O) groups excluding carboxylic acids is 1. The Kier molecular flexibility index (Phi) is 5.77. The first-order chi connectivity index (χ1) is 14.1. The van der Waals surface area contributed by atoms with Crippen molar-refractivity contribution in [3.8, 4) is 0 Å². The van der Waals surface area contributed by atoms with E-state index in [1.165, 1.54) is 28.7 Å². The molecule has 148 valence electrons. The molecule has 0 spiro atoms. The highest BCUT2D eigenvalue weighted by molar-refractivity contribution is 7.99. The molecule has 1 amide bonds. The van der Waals surface area contributed by atoms with E-state index in [9.17, 15) is 4.79 Å². The van der Waals surface area contributed by atoms with Gasteiger partial charge in [0.1, 0.15) is 6.54 Å². The van der Waals surface area contributed by atoms with Crippen LogP contribution in [-0.2, 0) is 17.8 Å². The van der Waals surface area contributed by atoms with Gasteiger partial charge in [0, 0.05) is 5.75 Å². The van der Waals surface area contributed by atoms with Gasteiger partial charge in [-0.05, 0) is 36.6 Å². The Morgan fingerprint density at radius 1 is 1.21 bits per heavy atom. The number of hydrogen-bond acceptors (Lipinski definition) is 7. The van der Waals surface area contributed by atoms with Crippen LogP contribution in [0.4, 0.5) is 11.1 Å². The van der Waals surface area contributed by atoms with Crippen LogP contribution in [0.3, 0.4) is 0 Å². The van der Waals surface area contributed by atoms with Crippen molar-refractivity contribution in [2.75, 3.05) is 16.8 Å². The van der Waals surface area contributed by atoms with Crippen LogP contribution < -0.4 is 11.1 Å². The lowest BCUT2D eigenvalue weighted by Crippen LogP contribution is -2.20. The van der Waals surface area contributed by atoms with Crippen LogP contribution >= 0.6 is 23.1 Å². The second kappa shape index (κ2) is 8.62. The second-order valence-electron chi connectivity index (χ2n) is 6.55. The zero-order valence-electron chi connectivity index (χ0n) is 15.8. The number of anilines is 2. The molecular weight excluding hydrogens is 404 g/mol. The maximum absolute atomic E-state index is 12.5. The number of carbonyl (C=O) groups is 1. The lowest BCUT2D eigenvalue weighted by molar-refractivity contribution is -0.116. The van der Waals surface area contributed by atoms with E-state index in [0.717, 1.165) is 28.0 Å². The number of aryl methyl sites for hydroxylation is 2. The Morgan fingerprint density at radius 3 is 2.86 bits per heavy atom. The van der Waals surface area contributed by atoms with Gasteiger partial charge in [0.15, 0.2) is 10.3 Å². The molecule has 0 bridgehead atoms. The van der Waals surface area contributed by atoms with Gasteiger partial charge < -0.3 is 11.1 Å². The van der Waals surface area contributed by atoms with Gasteiger partial charge in [-0.2, -0.15) is 0 Å². The molecule has 0 saturated heterocycles. The summed E-state index contributed by atoms with van der Waals surface area (Å²) < 4.78 is 2.66. The molecule has 2 heterocycles. The van der Waals surface area contributed by atoms with Gasteiger partial charge in [-0.1, -0.05) is 59.5 Å². The third-order valence-electron chi connectivity index (χ3n) is 4.30. The van der Waals surface area contributed by atoms with Crippen molar-refractivity contribution in [3.05, 3.63) is 59.7 Å². The fourth-order valence-corrected chi connectivity index (χ4v) is 4.65. The van der Waals surface area contributed by atoms with E-state index in [1.54, 1.807) is 4.57 Å². The number of nitrogens with one attached hydrogen (secondary N) is 1. The molecule has 2 aromatic heterocycles. The van der Waals surface area contributed by atoms with Crippen molar-refractivity contribution in [1.29, 1.82) is 0 Å². The van der Waals surface area contributed by atoms with Crippen molar-refractivity contribution < 1.29 is 4.79 Å². The summed E-state index contributed by atoms with van der Waals surface area (Å²) in [6, 6.07) is 16.3. The lowest BCUT2D eigenvalue weighted by Gasteiger charge is -2.07. The van der Waals surface area contributed by atoms with E-state index < -0.39 is 0 Å². The summed E-state index contributed by atoms with van der Waals surface area (Å²) >= 11 is 2.98. The van der Waals surface area contributed by atoms with E-state index >= 15 is 0 Å². The zero-order chi connectivity index (χ0) is 20.2. The lowest BCUT2D eigenvalue weighted by atomic mass is 10.2. The summed E-state index contributed by atoms with van der Waals surface area (Å²) in [5.41, 5.74) is 9.19. The summed E-state index contributed by atoms with van der Waals surface area (Å²) in [7, 11) is 0. The van der Waals surface area contributed by atoms with Crippen molar-refractivity contribution in [2.24, 2.45) is 0 Å². The number of rotatable bonds is 7. The molecule has 3 N–H and O–H groups in total. The first-order valence-electron chi connectivity index (χ1n) is 9.11. The molecule has 29 heavy (non-hydrogen) atoms. The Labute approximate surface area is 176 Å². The number of amides is 1. The number of nitrogen functional groups attached to an aromatic ring is 1. The van der Waals surface area contributed by atoms with Crippen LogP contribution in [0.5, 0.6) is 0 Å². The van der Waals surface area contributed by atoms with Gasteiger partial charge in [0.2, 0.25) is 11.9 Å². The SMILES string of the molecule is Cc1ccc2sc(NC(=O)Cn3c(N)nnc3SCCc3ccccc3)nc2c1. The second-order valence-corrected chi connectivity index (χ2v) is 8.64. The first-order valence-corrected chi connectivity index (χ1v) is 10.9. The fourth-order valence-electron chi connectivity index (χ4n) is 2.85. The van der Waals surface area contributed by atoms with Gasteiger partial charge in [-0.25, -0.2) is 4.98 Å². The molecule has 0 saturated carbocycles. The monoisotopic (exact) mass is 424 g/mol. The molecule has 0 fully saturated rings. The molecule has 2 aromatic carbocycles. The normalized spacial score (nSPS) is 11.1. The Balaban J connectivity index is 1.39. The molecule has 4 aromatic rings. The van der Waals surface area contributed by atoms with Crippen LogP contribution in [0.2, 0.25) is 0 Å². The van der Waals surface area contributed by atoms with Crippen LogP contribution in [-0.4, -0.2) is 31.4 Å². The third kappa shape index (κ3) is 4.75. The summed E-state index contributed by atoms with van der Waals surface area (Å²) in [4.78, 5) is 17.0. The minimum Gasteiger partial charge on any atom is -0.368 e. The number of fused-ring (bicyclic) bond motifs is 1. The summed E-state index contributed by atoms with van der Waals surface area (Å²) in [5.74, 6) is 0.834. The van der Waals surface area contributed by atoms with Crippen LogP contribution in [0.15, 0.2) is 53.7 Å². The molecule has 0 aliphatic heterocycles. The smallest absolute Gasteiger partial charge is 0.246 e. The first kappa shape index (κ1) is 19.4. The molecule has 0 aliphatic carbocycles. The minimum atomic E-state index is -0.211. The Hall–Kier alpha value is -2.91. The number of benzene rings is 2. The van der Waals surface area contributed by atoms with Crippen LogP contribution in [0.25, 0.3) is 10.2 Å². The predicted molar refractivity (Wildman–Crippen MR) is 118 cm³/mol. The molecular formula is C20H20N6OS2. The average Bonchev–Trinajstić information content (AvgIpc) is 3.25. The van der Waals surface area contributed by atoms with Gasteiger partial charge in [-0.3, -0.25) is 9.36 Å². The number of nitrogens with two attached hydrogens (primary N) is 1. The predicted octanol–water partition coefficient (Wildman–Crippen LogP) is 3.75. The highest BCUT2D eigenvalue weighted by Gasteiger charge is 2.15. The quantitative estimate of drug-likeness (QED) is 0.438. The Bertz CT molecular complexity index is 1140. The molecule has 0 radical (unpaired) electrons. The molecule has 4 rings (SSSR count). The number of thioether (sulfide) groups is 1. The van der Waals surface area contributed by atoms with E-state index in [0.29, 0.717) is 10.3 Å². The molecule has 0 aliphatic rings. The van der Waals surface area contributed by atoms with Crippen molar-refractivity contribution in [2.45, 2.75) is 25.0 Å². The highest BCUT2D eigenvalue weighted by Crippen LogP contribution is 2.27. The van der Waals surface area contributed by atoms with Crippen molar-refractivity contribution in [1.82, 2.24) is 19.7 Å². The van der Waals surface area contributed by atoms with Crippen LogP contribution in [0, 0.1) is 6.92 Å².